The number of hydrogen-bond acceptors (Lipinski definition) is 6. The van der Waals surface area contributed by atoms with Crippen LogP contribution in [0.5, 0.6) is 0 Å². The Hall–Kier alpha value is -3.01. The zero-order chi connectivity index (χ0) is 18.8. The average Bonchev–Trinajstić information content (AvgIpc) is 3.32. The van der Waals surface area contributed by atoms with Gasteiger partial charge in [0.25, 0.3) is 5.91 Å². The predicted octanol–water partition coefficient (Wildman–Crippen LogP) is 2.43. The second-order valence-corrected chi connectivity index (χ2v) is 6.51. The molecule has 1 amide bonds. The third kappa shape index (κ3) is 3.36. The molecule has 0 aliphatic rings. The van der Waals surface area contributed by atoms with Gasteiger partial charge in [0.2, 0.25) is 0 Å². The third-order valence-corrected chi connectivity index (χ3v) is 4.66. The van der Waals surface area contributed by atoms with Gasteiger partial charge in [-0.15, -0.1) is 11.3 Å². The lowest BCUT2D eigenvalue weighted by Gasteiger charge is -2.10. The number of carbonyl (C=O) groups is 2. The molecule has 3 aromatic heterocycles. The molecule has 0 bridgehead atoms. The van der Waals surface area contributed by atoms with Crippen molar-refractivity contribution >= 4 is 28.3 Å². The van der Waals surface area contributed by atoms with E-state index in [1.807, 2.05) is 30.1 Å². The van der Waals surface area contributed by atoms with Gasteiger partial charge in [0.15, 0.2) is 5.13 Å². The number of aryl methyl sites for hydroxylation is 2. The fraction of sp³-hybridized carbons (Fsp3) is 0.312. The summed E-state index contributed by atoms with van der Waals surface area (Å²) >= 11 is 1.29. The van der Waals surface area contributed by atoms with Crippen molar-refractivity contribution in [2.75, 3.05) is 5.32 Å². The Morgan fingerprint density at radius 2 is 2.19 bits per heavy atom. The molecule has 0 fully saturated rings. The van der Waals surface area contributed by atoms with Gasteiger partial charge in [-0.1, -0.05) is 0 Å². The van der Waals surface area contributed by atoms with Crippen LogP contribution in [0.15, 0.2) is 23.8 Å². The smallest absolute Gasteiger partial charge is 0.328 e. The maximum atomic E-state index is 12.5. The number of nitrogens with one attached hydrogen (secondary N) is 1. The Kier molecular flexibility index (Phi) is 4.85. The molecule has 2 N–H and O–H groups in total. The van der Waals surface area contributed by atoms with E-state index in [4.69, 9.17) is 5.11 Å². The average molecular weight is 374 g/mol. The molecule has 3 aromatic rings. The lowest BCUT2D eigenvalue weighted by Crippen LogP contribution is -2.24. The highest BCUT2D eigenvalue weighted by Crippen LogP contribution is 2.27. The zero-order valence-corrected chi connectivity index (χ0v) is 15.3. The minimum absolute atomic E-state index is 0.159. The van der Waals surface area contributed by atoms with Crippen LogP contribution in [0.2, 0.25) is 0 Å². The largest absolute Gasteiger partial charge is 0.480 e. The highest BCUT2D eigenvalue weighted by atomic mass is 32.1. The number of amides is 1. The van der Waals surface area contributed by atoms with Gasteiger partial charge >= 0.3 is 5.97 Å². The standard InChI is InChI=1S/C16H18N6O3S/c1-4-21-7-11(9(2)20-21)12-8-26-16(18-12)19-14(23)13-5-6-17-22(13)10(3)15(24)25/h5-8,10H,4H2,1-3H3,(H,24,25)(H,18,19,23). The lowest BCUT2D eigenvalue weighted by atomic mass is 10.2. The Morgan fingerprint density at radius 1 is 1.42 bits per heavy atom. The van der Waals surface area contributed by atoms with Crippen molar-refractivity contribution in [1.29, 1.82) is 0 Å². The summed E-state index contributed by atoms with van der Waals surface area (Å²) in [6, 6.07) is 0.527. The van der Waals surface area contributed by atoms with Crippen molar-refractivity contribution < 1.29 is 14.7 Å². The van der Waals surface area contributed by atoms with Gasteiger partial charge in [-0.05, 0) is 26.8 Å². The van der Waals surface area contributed by atoms with Crippen LogP contribution in [0, 0.1) is 6.92 Å². The van der Waals surface area contributed by atoms with Gasteiger partial charge in [-0.25, -0.2) is 14.5 Å². The molecule has 3 heterocycles. The second kappa shape index (κ2) is 7.08. The molecule has 3 rings (SSSR count). The fourth-order valence-electron chi connectivity index (χ4n) is 2.45. The van der Waals surface area contributed by atoms with Crippen LogP contribution < -0.4 is 5.32 Å². The first-order chi connectivity index (χ1) is 12.4. The second-order valence-electron chi connectivity index (χ2n) is 5.65. The summed E-state index contributed by atoms with van der Waals surface area (Å²) in [6.07, 6.45) is 3.31. The quantitative estimate of drug-likeness (QED) is 0.685. The summed E-state index contributed by atoms with van der Waals surface area (Å²) < 4.78 is 3.00. The number of hydrogen-bond donors (Lipinski definition) is 2. The number of carbonyl (C=O) groups excluding carboxylic acids is 1. The maximum absolute atomic E-state index is 12.5. The SMILES string of the molecule is CCn1cc(-c2csc(NC(=O)c3ccnn3C(C)C(=O)O)n2)c(C)n1. The van der Waals surface area contributed by atoms with Gasteiger partial charge in [-0.3, -0.25) is 14.8 Å². The number of thiazole rings is 1. The highest BCUT2D eigenvalue weighted by Gasteiger charge is 2.22. The summed E-state index contributed by atoms with van der Waals surface area (Å²) in [5.74, 6) is -1.53. The first-order valence-corrected chi connectivity index (χ1v) is 8.86. The van der Waals surface area contributed by atoms with Crippen LogP contribution in [-0.2, 0) is 11.3 Å². The van der Waals surface area contributed by atoms with E-state index in [0.717, 1.165) is 23.5 Å². The van der Waals surface area contributed by atoms with Crippen molar-refractivity contribution in [3.05, 3.63) is 35.2 Å². The van der Waals surface area contributed by atoms with Crippen molar-refractivity contribution in [3.63, 3.8) is 0 Å². The van der Waals surface area contributed by atoms with Crippen LogP contribution in [-0.4, -0.2) is 41.5 Å². The van der Waals surface area contributed by atoms with E-state index >= 15 is 0 Å². The Labute approximate surface area is 153 Å². The molecule has 0 aliphatic carbocycles. The van der Waals surface area contributed by atoms with Gasteiger partial charge in [0.1, 0.15) is 11.7 Å². The van der Waals surface area contributed by atoms with E-state index in [1.165, 1.54) is 35.2 Å². The van der Waals surface area contributed by atoms with Crippen LogP contribution in [0.25, 0.3) is 11.3 Å². The monoisotopic (exact) mass is 374 g/mol. The molecule has 1 unspecified atom stereocenters. The number of aromatic nitrogens is 5. The maximum Gasteiger partial charge on any atom is 0.328 e. The molecule has 9 nitrogen and oxygen atoms in total. The molecule has 136 valence electrons. The zero-order valence-electron chi connectivity index (χ0n) is 14.5. The third-order valence-electron chi connectivity index (χ3n) is 3.90. The molecule has 0 saturated carbocycles. The summed E-state index contributed by atoms with van der Waals surface area (Å²) in [6.45, 7) is 6.14. The van der Waals surface area contributed by atoms with Crippen LogP contribution in [0.4, 0.5) is 5.13 Å². The van der Waals surface area contributed by atoms with Gasteiger partial charge in [0, 0.05) is 29.9 Å². The molecule has 0 spiro atoms. The Bertz CT molecular complexity index is 957. The first-order valence-electron chi connectivity index (χ1n) is 7.98. The van der Waals surface area contributed by atoms with E-state index in [0.29, 0.717) is 5.13 Å². The number of anilines is 1. The van der Waals surface area contributed by atoms with Gasteiger partial charge < -0.3 is 5.11 Å². The number of rotatable bonds is 6. The normalized spacial score (nSPS) is 12.1. The van der Waals surface area contributed by atoms with E-state index in [9.17, 15) is 9.59 Å². The molecule has 1 atom stereocenters. The van der Waals surface area contributed by atoms with E-state index in [1.54, 1.807) is 0 Å². The highest BCUT2D eigenvalue weighted by molar-refractivity contribution is 7.14. The van der Waals surface area contributed by atoms with Crippen LogP contribution in [0.3, 0.4) is 0 Å². The van der Waals surface area contributed by atoms with E-state index in [-0.39, 0.29) is 5.69 Å². The molecular formula is C16H18N6O3S. The van der Waals surface area contributed by atoms with Crippen molar-refractivity contribution in [1.82, 2.24) is 24.5 Å². The number of carboxylic acids is 1. The molecular weight excluding hydrogens is 356 g/mol. The van der Waals surface area contributed by atoms with Crippen LogP contribution >= 0.6 is 11.3 Å². The molecule has 0 aromatic carbocycles. The minimum atomic E-state index is -1.07. The molecule has 0 aliphatic heterocycles. The lowest BCUT2D eigenvalue weighted by molar-refractivity contribution is -0.140. The predicted molar refractivity (Wildman–Crippen MR) is 96.3 cm³/mol. The number of aliphatic carboxylic acids is 1. The minimum Gasteiger partial charge on any atom is -0.480 e. The topological polar surface area (TPSA) is 115 Å². The first kappa shape index (κ1) is 17.8. The van der Waals surface area contributed by atoms with Crippen molar-refractivity contribution in [2.45, 2.75) is 33.4 Å². The Balaban J connectivity index is 1.79. The molecule has 26 heavy (non-hydrogen) atoms. The number of nitrogens with zero attached hydrogens (tertiary/aromatic N) is 5. The van der Waals surface area contributed by atoms with Gasteiger partial charge in [-0.2, -0.15) is 10.2 Å². The fourth-order valence-corrected chi connectivity index (χ4v) is 3.16. The molecule has 0 saturated heterocycles. The Morgan fingerprint density at radius 3 is 2.85 bits per heavy atom. The summed E-state index contributed by atoms with van der Waals surface area (Å²) in [5.41, 5.74) is 2.66. The molecule has 10 heteroatoms. The van der Waals surface area contributed by atoms with Gasteiger partial charge in [0.05, 0.1) is 11.4 Å². The van der Waals surface area contributed by atoms with E-state index in [2.05, 4.69) is 20.5 Å². The van der Waals surface area contributed by atoms with Crippen molar-refractivity contribution in [3.8, 4) is 11.3 Å². The van der Waals surface area contributed by atoms with Crippen molar-refractivity contribution in [2.24, 2.45) is 0 Å². The van der Waals surface area contributed by atoms with Crippen LogP contribution in [0.1, 0.15) is 36.1 Å². The summed E-state index contributed by atoms with van der Waals surface area (Å²) in [4.78, 5) is 28.0. The summed E-state index contributed by atoms with van der Waals surface area (Å²) in [5, 5.41) is 22.4. The van der Waals surface area contributed by atoms with E-state index < -0.39 is 17.9 Å². The number of carboxylic acid groups (broad SMARTS) is 1. The molecule has 0 radical (unpaired) electrons. The summed E-state index contributed by atoms with van der Waals surface area (Å²) in [7, 11) is 0.